The fourth-order valence-corrected chi connectivity index (χ4v) is 1.01. The summed E-state index contributed by atoms with van der Waals surface area (Å²) in [6.45, 7) is 0. The van der Waals surface area contributed by atoms with Crippen molar-refractivity contribution in [3.8, 4) is 0 Å². The van der Waals surface area contributed by atoms with E-state index in [4.69, 9.17) is 23.2 Å². The molecule has 0 aliphatic carbocycles. The molecule has 2 heteroatoms. The van der Waals surface area contributed by atoms with Gasteiger partial charge in [0.15, 0.2) is 0 Å². The van der Waals surface area contributed by atoms with Crippen LogP contribution in [0.5, 0.6) is 0 Å². The van der Waals surface area contributed by atoms with E-state index < -0.39 is 0 Å². The first-order valence-corrected chi connectivity index (χ1v) is 3.67. The van der Waals surface area contributed by atoms with Crippen molar-refractivity contribution in [3.63, 3.8) is 0 Å². The van der Waals surface area contributed by atoms with E-state index in [1.807, 2.05) is 24.3 Å². The summed E-state index contributed by atoms with van der Waals surface area (Å²) in [5, 5.41) is 0.722. The van der Waals surface area contributed by atoms with E-state index in [1.165, 1.54) is 5.54 Å². The summed E-state index contributed by atoms with van der Waals surface area (Å²) in [7, 11) is 0. The molecule has 10 heavy (non-hydrogen) atoms. The number of hydrogen-bond acceptors (Lipinski definition) is 0. The van der Waals surface area contributed by atoms with Gasteiger partial charge in [0.05, 0.1) is 0 Å². The van der Waals surface area contributed by atoms with Crippen LogP contribution in [0.2, 0.25) is 5.02 Å². The quantitative estimate of drug-likeness (QED) is 0.609. The maximum absolute atomic E-state index is 5.79. The van der Waals surface area contributed by atoms with Crippen LogP contribution in [-0.2, 0) is 0 Å². The molecule has 52 valence electrons. The Balaban J connectivity index is 3.03. The molecular weight excluding hydrogens is 167 g/mol. The third-order valence-corrected chi connectivity index (χ3v) is 1.62. The van der Waals surface area contributed by atoms with Crippen molar-refractivity contribution >= 4 is 29.3 Å². The van der Waals surface area contributed by atoms with E-state index in [0.29, 0.717) is 0 Å². The summed E-state index contributed by atoms with van der Waals surface area (Å²) >= 11 is 11.2. The monoisotopic (exact) mass is 172 g/mol. The molecule has 1 rings (SSSR count). The lowest BCUT2D eigenvalue weighted by atomic mass is 10.2. The van der Waals surface area contributed by atoms with Crippen molar-refractivity contribution in [1.82, 2.24) is 0 Å². The Morgan fingerprint density at radius 1 is 1.20 bits per heavy atom. The molecule has 0 nitrogen and oxygen atoms in total. The Kier molecular flexibility index (Phi) is 2.79. The first-order valence-electron chi connectivity index (χ1n) is 2.86. The van der Waals surface area contributed by atoms with Crippen LogP contribution >= 0.6 is 23.2 Å². The molecule has 0 spiro atoms. The average Bonchev–Trinajstić information content (AvgIpc) is 1.94. The van der Waals surface area contributed by atoms with Gasteiger partial charge in [-0.05, 0) is 17.7 Å². The fraction of sp³-hybridized carbons (Fsp3) is 0. The molecule has 0 aromatic heterocycles. The largest absolute Gasteiger partial charge is 0.0929 e. The maximum Gasteiger partial charge on any atom is 0.0478 e. The molecule has 0 saturated carbocycles. The fourth-order valence-electron chi connectivity index (χ4n) is 0.678. The summed E-state index contributed by atoms with van der Waals surface area (Å²) < 4.78 is 0. The second-order valence-electron chi connectivity index (χ2n) is 1.81. The lowest BCUT2D eigenvalue weighted by molar-refractivity contribution is 1.66. The molecule has 0 amide bonds. The lowest BCUT2D eigenvalue weighted by Crippen LogP contribution is -1.70. The number of hydrogen-bond donors (Lipinski definition) is 0. The van der Waals surface area contributed by atoms with E-state index in [0.717, 1.165) is 10.6 Å². The van der Waals surface area contributed by atoms with E-state index in [2.05, 4.69) is 0 Å². The van der Waals surface area contributed by atoms with Crippen molar-refractivity contribution in [1.29, 1.82) is 0 Å². The van der Waals surface area contributed by atoms with Crippen LogP contribution in [0.1, 0.15) is 5.56 Å². The minimum absolute atomic E-state index is 0.722. The van der Waals surface area contributed by atoms with Crippen molar-refractivity contribution in [3.05, 3.63) is 40.4 Å². The van der Waals surface area contributed by atoms with Gasteiger partial charge in [0, 0.05) is 10.6 Å². The number of rotatable bonds is 1. The highest BCUT2D eigenvalue weighted by atomic mass is 35.5. The highest BCUT2D eigenvalue weighted by Crippen LogP contribution is 2.16. The Labute approximate surface area is 70.1 Å². The van der Waals surface area contributed by atoms with Gasteiger partial charge in [-0.25, -0.2) is 0 Å². The third-order valence-electron chi connectivity index (χ3n) is 1.15. The summed E-state index contributed by atoms with van der Waals surface area (Å²) in [5.74, 6) is 0. The molecule has 0 atom stereocenters. The minimum atomic E-state index is 0.722. The molecule has 0 fully saturated rings. The second kappa shape index (κ2) is 3.65. The highest BCUT2D eigenvalue weighted by molar-refractivity contribution is 6.32. The Bertz CT molecular complexity index is 241. The molecule has 0 aliphatic heterocycles. The predicted molar refractivity (Wildman–Crippen MR) is 46.3 cm³/mol. The molecule has 1 aromatic carbocycles. The summed E-state index contributed by atoms with van der Waals surface area (Å²) in [5.41, 5.74) is 2.39. The Morgan fingerprint density at radius 2 is 1.90 bits per heavy atom. The van der Waals surface area contributed by atoms with Crippen LogP contribution in [0.3, 0.4) is 0 Å². The molecule has 0 N–H and O–H groups in total. The van der Waals surface area contributed by atoms with Gasteiger partial charge < -0.3 is 0 Å². The van der Waals surface area contributed by atoms with Crippen LogP contribution in [0, 0.1) is 0 Å². The van der Waals surface area contributed by atoms with Gasteiger partial charge in [0.2, 0.25) is 0 Å². The molecular formula is C8H6Cl2. The third kappa shape index (κ3) is 1.76. The molecule has 0 bridgehead atoms. The summed E-state index contributed by atoms with van der Waals surface area (Å²) in [6.07, 6.45) is 1.75. The Hall–Kier alpha value is -0.460. The average molecular weight is 173 g/mol. The van der Waals surface area contributed by atoms with E-state index in [1.54, 1.807) is 6.08 Å². The van der Waals surface area contributed by atoms with Gasteiger partial charge in [-0.15, -0.1) is 0 Å². The van der Waals surface area contributed by atoms with Crippen molar-refractivity contribution < 1.29 is 0 Å². The van der Waals surface area contributed by atoms with Crippen LogP contribution in [-0.4, -0.2) is 0 Å². The van der Waals surface area contributed by atoms with Gasteiger partial charge in [-0.1, -0.05) is 41.4 Å². The van der Waals surface area contributed by atoms with E-state index in [9.17, 15) is 0 Å². The van der Waals surface area contributed by atoms with E-state index >= 15 is 0 Å². The SMILES string of the molecule is Cl/C=C\c1ccccc1Cl. The van der Waals surface area contributed by atoms with Crippen LogP contribution in [0.15, 0.2) is 29.8 Å². The van der Waals surface area contributed by atoms with E-state index in [-0.39, 0.29) is 0 Å². The van der Waals surface area contributed by atoms with Crippen LogP contribution in [0.25, 0.3) is 6.08 Å². The smallest absolute Gasteiger partial charge is 0.0478 e. The van der Waals surface area contributed by atoms with Crippen molar-refractivity contribution in [2.75, 3.05) is 0 Å². The summed E-state index contributed by atoms with van der Waals surface area (Å²) in [4.78, 5) is 0. The van der Waals surface area contributed by atoms with Crippen molar-refractivity contribution in [2.45, 2.75) is 0 Å². The standard InChI is InChI=1S/C8H6Cl2/c9-6-5-7-3-1-2-4-8(7)10/h1-6H/b6-5-. The summed E-state index contributed by atoms with van der Waals surface area (Å²) in [6, 6.07) is 7.53. The van der Waals surface area contributed by atoms with Crippen LogP contribution in [0.4, 0.5) is 0 Å². The zero-order valence-electron chi connectivity index (χ0n) is 5.22. The number of benzene rings is 1. The first kappa shape index (κ1) is 7.64. The zero-order chi connectivity index (χ0) is 7.40. The molecule has 0 heterocycles. The molecule has 1 aromatic rings. The highest BCUT2D eigenvalue weighted by Gasteiger charge is 1.90. The van der Waals surface area contributed by atoms with Gasteiger partial charge in [0.1, 0.15) is 0 Å². The van der Waals surface area contributed by atoms with Crippen LogP contribution < -0.4 is 0 Å². The van der Waals surface area contributed by atoms with Crippen molar-refractivity contribution in [2.24, 2.45) is 0 Å². The van der Waals surface area contributed by atoms with Gasteiger partial charge in [-0.2, -0.15) is 0 Å². The van der Waals surface area contributed by atoms with Gasteiger partial charge in [-0.3, -0.25) is 0 Å². The normalized spacial score (nSPS) is 10.6. The maximum atomic E-state index is 5.79. The minimum Gasteiger partial charge on any atom is -0.0929 e. The Morgan fingerprint density at radius 3 is 2.50 bits per heavy atom. The molecule has 0 aliphatic rings. The second-order valence-corrected chi connectivity index (χ2v) is 2.47. The molecule has 0 unspecified atom stereocenters. The predicted octanol–water partition coefficient (Wildman–Crippen LogP) is 3.55. The zero-order valence-corrected chi connectivity index (χ0v) is 6.73. The molecule has 0 saturated heterocycles. The molecule has 0 radical (unpaired) electrons. The first-order chi connectivity index (χ1) is 4.84. The van der Waals surface area contributed by atoms with Gasteiger partial charge in [0.25, 0.3) is 0 Å². The topological polar surface area (TPSA) is 0 Å². The lowest BCUT2D eigenvalue weighted by Gasteiger charge is -1.93. The van der Waals surface area contributed by atoms with Gasteiger partial charge >= 0.3 is 0 Å². The number of halogens is 2.